The van der Waals surface area contributed by atoms with E-state index >= 15 is 0 Å². The Balaban J connectivity index is 1.21. The first-order valence-corrected chi connectivity index (χ1v) is 18.5. The van der Waals surface area contributed by atoms with Crippen molar-refractivity contribution in [3.63, 3.8) is 0 Å². The highest BCUT2D eigenvalue weighted by Crippen LogP contribution is 2.47. The van der Waals surface area contributed by atoms with Gasteiger partial charge in [0.05, 0.1) is 0 Å². The standard InChI is InChI=1S/C52H30O2/c1-2-12-35-31(11-1)27-43(37-14-4-3-13-36(35)37)32-21-24-42-46(28-32)52(34-23-26-50-45(30-34)39-16-8-10-20-48(39)54-50)41-18-6-5-17-40(41)51(42)33-22-25-49-44(29-33)38-15-7-9-19-47(38)53-49/h1-30H. The maximum Gasteiger partial charge on any atom is 0.135 e. The molecular weight excluding hydrogens is 657 g/mol. The number of furan rings is 2. The lowest BCUT2D eigenvalue weighted by atomic mass is 9.84. The van der Waals surface area contributed by atoms with Gasteiger partial charge in [-0.3, -0.25) is 0 Å². The first-order valence-electron chi connectivity index (χ1n) is 18.5. The second-order valence-corrected chi connectivity index (χ2v) is 14.4. The number of benzene rings is 10. The summed E-state index contributed by atoms with van der Waals surface area (Å²) in [5.41, 5.74) is 10.8. The number of para-hydroxylation sites is 2. The van der Waals surface area contributed by atoms with E-state index < -0.39 is 0 Å². The molecule has 0 spiro atoms. The van der Waals surface area contributed by atoms with E-state index in [1.165, 1.54) is 76.5 Å². The molecule has 0 aliphatic rings. The molecule has 0 saturated carbocycles. The molecule has 0 N–H and O–H groups in total. The largest absolute Gasteiger partial charge is 0.456 e. The van der Waals surface area contributed by atoms with Crippen molar-refractivity contribution in [3.05, 3.63) is 182 Å². The smallest absolute Gasteiger partial charge is 0.135 e. The van der Waals surface area contributed by atoms with Gasteiger partial charge in [0.15, 0.2) is 0 Å². The van der Waals surface area contributed by atoms with Crippen LogP contribution in [0.3, 0.4) is 0 Å². The Labute approximate surface area is 310 Å². The van der Waals surface area contributed by atoms with Crippen molar-refractivity contribution in [1.29, 1.82) is 0 Å². The molecule has 2 heteroatoms. The SMILES string of the molecule is c1ccc2c(c1)cc(-c1ccc3c(-c4ccc5oc6ccccc6c5c4)c4ccccc4c(-c4ccc5oc6ccccc6c5c4)c3c1)c1ccccc12. The number of rotatable bonds is 3. The third kappa shape index (κ3) is 4.22. The van der Waals surface area contributed by atoms with Crippen LogP contribution in [0.2, 0.25) is 0 Å². The predicted octanol–water partition coefficient (Wildman–Crippen LogP) is 15.1. The summed E-state index contributed by atoms with van der Waals surface area (Å²) in [6, 6.07) is 65.9. The van der Waals surface area contributed by atoms with Gasteiger partial charge >= 0.3 is 0 Å². The lowest BCUT2D eigenvalue weighted by Gasteiger charge is -2.19. The average molecular weight is 687 g/mol. The summed E-state index contributed by atoms with van der Waals surface area (Å²) in [5, 5.41) is 14.4. The second-order valence-electron chi connectivity index (χ2n) is 14.4. The van der Waals surface area contributed by atoms with E-state index in [4.69, 9.17) is 8.83 Å². The van der Waals surface area contributed by atoms with Gasteiger partial charge in [0.1, 0.15) is 22.3 Å². The highest BCUT2D eigenvalue weighted by Gasteiger charge is 2.20. The van der Waals surface area contributed by atoms with Crippen LogP contribution in [0, 0.1) is 0 Å². The van der Waals surface area contributed by atoms with Crippen LogP contribution < -0.4 is 0 Å². The van der Waals surface area contributed by atoms with Crippen molar-refractivity contribution in [1.82, 2.24) is 0 Å². The fourth-order valence-corrected chi connectivity index (χ4v) is 9.02. The fourth-order valence-electron chi connectivity index (χ4n) is 9.02. The quantitative estimate of drug-likeness (QED) is 0.137. The maximum atomic E-state index is 6.30. The first kappa shape index (κ1) is 29.4. The third-order valence-corrected chi connectivity index (χ3v) is 11.4. The maximum absolute atomic E-state index is 6.30. The second kappa shape index (κ2) is 11.2. The van der Waals surface area contributed by atoms with Crippen molar-refractivity contribution < 1.29 is 8.83 Å². The molecule has 54 heavy (non-hydrogen) atoms. The average Bonchev–Trinajstić information content (AvgIpc) is 3.80. The van der Waals surface area contributed by atoms with Crippen LogP contribution in [0.15, 0.2) is 191 Å². The summed E-state index contributed by atoms with van der Waals surface area (Å²) < 4.78 is 12.6. The molecule has 12 rings (SSSR count). The summed E-state index contributed by atoms with van der Waals surface area (Å²) >= 11 is 0. The van der Waals surface area contributed by atoms with Crippen molar-refractivity contribution in [3.8, 4) is 33.4 Å². The normalized spacial score (nSPS) is 12.1. The van der Waals surface area contributed by atoms with Gasteiger partial charge in [-0.15, -0.1) is 0 Å². The van der Waals surface area contributed by atoms with Crippen molar-refractivity contribution in [2.45, 2.75) is 0 Å². The minimum atomic E-state index is 0.897. The van der Waals surface area contributed by atoms with Crippen molar-refractivity contribution in [2.75, 3.05) is 0 Å². The van der Waals surface area contributed by atoms with E-state index in [1.807, 2.05) is 18.2 Å². The first-order chi connectivity index (χ1) is 26.8. The Bertz CT molecular complexity index is 3510. The predicted molar refractivity (Wildman–Crippen MR) is 227 cm³/mol. The highest BCUT2D eigenvalue weighted by atomic mass is 16.3. The lowest BCUT2D eigenvalue weighted by molar-refractivity contribution is 0.668. The summed E-state index contributed by atoms with van der Waals surface area (Å²) in [6.07, 6.45) is 0. The molecule has 0 saturated heterocycles. The Morgan fingerprint density at radius 1 is 0.241 bits per heavy atom. The van der Waals surface area contributed by atoms with Gasteiger partial charge in [-0.1, -0.05) is 133 Å². The number of hydrogen-bond acceptors (Lipinski definition) is 2. The molecule has 0 atom stereocenters. The Kier molecular flexibility index (Phi) is 6.09. The van der Waals surface area contributed by atoms with Gasteiger partial charge in [0, 0.05) is 21.5 Å². The molecule has 0 aliphatic carbocycles. The molecule has 250 valence electrons. The van der Waals surface area contributed by atoms with Gasteiger partial charge in [-0.2, -0.15) is 0 Å². The molecular formula is C52H30O2. The molecule has 2 aromatic heterocycles. The molecule has 0 amide bonds. The lowest BCUT2D eigenvalue weighted by Crippen LogP contribution is -1.92. The topological polar surface area (TPSA) is 26.3 Å². The van der Waals surface area contributed by atoms with Crippen molar-refractivity contribution >= 4 is 87.0 Å². The summed E-state index contributed by atoms with van der Waals surface area (Å²) in [4.78, 5) is 0. The molecule has 0 radical (unpaired) electrons. The third-order valence-electron chi connectivity index (χ3n) is 11.4. The van der Waals surface area contributed by atoms with E-state index in [0.29, 0.717) is 0 Å². The van der Waals surface area contributed by atoms with Crippen LogP contribution in [0.4, 0.5) is 0 Å². The minimum absolute atomic E-state index is 0.897. The molecule has 0 fully saturated rings. The van der Waals surface area contributed by atoms with Crippen molar-refractivity contribution in [2.24, 2.45) is 0 Å². The molecule has 12 aromatic rings. The van der Waals surface area contributed by atoms with E-state index in [2.05, 4.69) is 164 Å². The van der Waals surface area contributed by atoms with E-state index in [-0.39, 0.29) is 0 Å². The van der Waals surface area contributed by atoms with Gasteiger partial charge in [-0.05, 0) is 125 Å². The van der Waals surface area contributed by atoms with E-state index in [9.17, 15) is 0 Å². The molecule has 10 aromatic carbocycles. The van der Waals surface area contributed by atoms with Crippen LogP contribution in [0.5, 0.6) is 0 Å². The molecule has 2 heterocycles. The van der Waals surface area contributed by atoms with Crippen LogP contribution in [0.1, 0.15) is 0 Å². The zero-order chi connectivity index (χ0) is 35.3. The van der Waals surface area contributed by atoms with Crippen LogP contribution in [0.25, 0.3) is 120 Å². The Hall–Kier alpha value is -7.16. The van der Waals surface area contributed by atoms with E-state index in [0.717, 1.165) is 43.9 Å². The summed E-state index contributed by atoms with van der Waals surface area (Å²) in [6.45, 7) is 0. The van der Waals surface area contributed by atoms with Crippen LogP contribution in [-0.4, -0.2) is 0 Å². The van der Waals surface area contributed by atoms with Gasteiger partial charge in [0.2, 0.25) is 0 Å². The molecule has 2 nitrogen and oxygen atoms in total. The zero-order valence-corrected chi connectivity index (χ0v) is 29.1. The Morgan fingerprint density at radius 2 is 0.667 bits per heavy atom. The number of fused-ring (bicyclic) bond motifs is 11. The highest BCUT2D eigenvalue weighted by molar-refractivity contribution is 6.24. The van der Waals surface area contributed by atoms with Gasteiger partial charge < -0.3 is 8.83 Å². The fraction of sp³-hybridized carbons (Fsp3) is 0. The van der Waals surface area contributed by atoms with E-state index in [1.54, 1.807) is 0 Å². The monoisotopic (exact) mass is 686 g/mol. The summed E-state index contributed by atoms with van der Waals surface area (Å²) in [7, 11) is 0. The molecule has 0 unspecified atom stereocenters. The van der Waals surface area contributed by atoms with Gasteiger partial charge in [0.25, 0.3) is 0 Å². The minimum Gasteiger partial charge on any atom is -0.456 e. The summed E-state index contributed by atoms with van der Waals surface area (Å²) in [5.74, 6) is 0. The van der Waals surface area contributed by atoms with Gasteiger partial charge in [-0.25, -0.2) is 0 Å². The molecule has 0 aliphatic heterocycles. The number of hydrogen-bond donors (Lipinski definition) is 0. The Morgan fingerprint density at radius 3 is 1.30 bits per heavy atom. The van der Waals surface area contributed by atoms with Crippen LogP contribution >= 0.6 is 0 Å². The van der Waals surface area contributed by atoms with Crippen LogP contribution in [-0.2, 0) is 0 Å². The zero-order valence-electron chi connectivity index (χ0n) is 29.1. The molecule has 0 bridgehead atoms.